The van der Waals surface area contributed by atoms with Crippen LogP contribution in [0.15, 0.2) is 30.3 Å². The Balaban J connectivity index is 1.63. The number of ketones is 4. The van der Waals surface area contributed by atoms with Gasteiger partial charge in [-0.25, -0.2) is 0 Å². The summed E-state index contributed by atoms with van der Waals surface area (Å²) in [6.45, 7) is 5.36. The third-order valence-corrected chi connectivity index (χ3v) is 8.75. The smallest absolute Gasteiger partial charge is 0.227 e. The molecule has 2 aliphatic carbocycles. The third kappa shape index (κ3) is 7.94. The van der Waals surface area contributed by atoms with E-state index in [2.05, 4.69) is 5.32 Å². The molecule has 1 aromatic carbocycles. The lowest BCUT2D eigenvalue weighted by molar-refractivity contribution is -0.142. The van der Waals surface area contributed by atoms with Crippen LogP contribution >= 0.6 is 0 Å². The molecule has 6 heteroatoms. The topological polar surface area (TPSA) is 97.4 Å². The Morgan fingerprint density at radius 2 is 1.47 bits per heavy atom. The molecule has 0 heterocycles. The van der Waals surface area contributed by atoms with Gasteiger partial charge in [-0.15, -0.1) is 0 Å². The molecule has 3 rings (SSSR count). The van der Waals surface area contributed by atoms with Gasteiger partial charge in [-0.1, -0.05) is 95.5 Å². The van der Waals surface area contributed by atoms with E-state index in [1.54, 1.807) is 19.1 Å². The molecule has 208 valence electrons. The summed E-state index contributed by atoms with van der Waals surface area (Å²) in [5, 5.41) is 2.89. The minimum atomic E-state index is -0.830. The third-order valence-electron chi connectivity index (χ3n) is 8.75. The fourth-order valence-electron chi connectivity index (χ4n) is 6.16. The first-order valence-electron chi connectivity index (χ1n) is 14.6. The maximum absolute atomic E-state index is 13.5. The van der Waals surface area contributed by atoms with Crippen molar-refractivity contribution in [2.75, 3.05) is 0 Å². The van der Waals surface area contributed by atoms with Crippen LogP contribution in [-0.2, 0) is 19.2 Å². The molecule has 2 atom stereocenters. The van der Waals surface area contributed by atoms with Crippen molar-refractivity contribution in [1.82, 2.24) is 5.32 Å². The zero-order valence-corrected chi connectivity index (χ0v) is 23.4. The molecule has 0 unspecified atom stereocenters. The highest BCUT2D eigenvalue weighted by atomic mass is 16.2. The number of nitrogens with one attached hydrogen (secondary N) is 1. The van der Waals surface area contributed by atoms with Crippen LogP contribution in [-0.4, -0.2) is 35.1 Å². The number of amides is 1. The maximum atomic E-state index is 13.5. The van der Waals surface area contributed by atoms with Crippen molar-refractivity contribution in [1.29, 1.82) is 0 Å². The Labute approximate surface area is 227 Å². The van der Waals surface area contributed by atoms with Crippen molar-refractivity contribution >= 4 is 29.0 Å². The standard InChI is InChI=1S/C32H45NO5/c1-22(2)26(30(37)28(35)19-24-13-7-4-8-14-24)20-27(34)23(3)33-31(38)32(17-11-6-12-18-32)21-29(36)25-15-9-5-10-16-25/h5,9-10,15-16,22-24,26H,4,6-8,11-14,17-21H2,1-3H3,(H,33,38)/t23-,26-/m0/s1. The number of hydrogen-bond acceptors (Lipinski definition) is 5. The van der Waals surface area contributed by atoms with E-state index in [4.69, 9.17) is 0 Å². The minimum Gasteiger partial charge on any atom is -0.346 e. The largest absolute Gasteiger partial charge is 0.346 e. The van der Waals surface area contributed by atoms with E-state index in [1.165, 1.54) is 6.42 Å². The van der Waals surface area contributed by atoms with Gasteiger partial charge >= 0.3 is 0 Å². The van der Waals surface area contributed by atoms with Gasteiger partial charge in [-0.3, -0.25) is 24.0 Å². The normalized spacial score (nSPS) is 19.4. The van der Waals surface area contributed by atoms with Crippen molar-refractivity contribution < 1.29 is 24.0 Å². The van der Waals surface area contributed by atoms with Crippen molar-refractivity contribution in [3.8, 4) is 0 Å². The quantitative estimate of drug-likeness (QED) is 0.251. The van der Waals surface area contributed by atoms with E-state index in [-0.39, 0.29) is 54.4 Å². The number of rotatable bonds is 13. The second kappa shape index (κ2) is 14.0. The second-order valence-electron chi connectivity index (χ2n) is 12.0. The summed E-state index contributed by atoms with van der Waals surface area (Å²) in [7, 11) is 0. The molecule has 0 saturated heterocycles. The van der Waals surface area contributed by atoms with Crippen LogP contribution in [0.2, 0.25) is 0 Å². The Morgan fingerprint density at radius 1 is 0.868 bits per heavy atom. The van der Waals surface area contributed by atoms with Gasteiger partial charge in [0.25, 0.3) is 0 Å². The fraction of sp³-hybridized carbons (Fsp3) is 0.656. The lowest BCUT2D eigenvalue weighted by atomic mass is 9.69. The molecule has 2 saturated carbocycles. The maximum Gasteiger partial charge on any atom is 0.227 e. The van der Waals surface area contributed by atoms with E-state index in [1.807, 2.05) is 32.0 Å². The summed E-state index contributed by atoms with van der Waals surface area (Å²) in [5.74, 6) is -1.95. The summed E-state index contributed by atoms with van der Waals surface area (Å²) < 4.78 is 0. The van der Waals surface area contributed by atoms with Gasteiger partial charge in [0.15, 0.2) is 17.3 Å². The van der Waals surface area contributed by atoms with Gasteiger partial charge < -0.3 is 5.32 Å². The van der Waals surface area contributed by atoms with Gasteiger partial charge in [0.1, 0.15) is 0 Å². The average molecular weight is 524 g/mol. The Morgan fingerprint density at radius 3 is 2.08 bits per heavy atom. The van der Waals surface area contributed by atoms with E-state index in [9.17, 15) is 24.0 Å². The predicted octanol–water partition coefficient (Wildman–Crippen LogP) is 6.05. The molecule has 0 aromatic heterocycles. The van der Waals surface area contributed by atoms with Gasteiger partial charge in [-0.05, 0) is 31.6 Å². The van der Waals surface area contributed by atoms with Crippen LogP contribution in [0.25, 0.3) is 0 Å². The van der Waals surface area contributed by atoms with Gasteiger partial charge in [0.05, 0.1) is 11.5 Å². The SMILES string of the molecule is CC(C)[C@H](CC(=O)[C@H](C)NC(=O)C1(CC(=O)c2ccccc2)CCCCC1)C(=O)C(=O)CC1CCCCC1. The predicted molar refractivity (Wildman–Crippen MR) is 148 cm³/mol. The Hall–Kier alpha value is -2.63. The molecule has 2 fully saturated rings. The summed E-state index contributed by atoms with van der Waals surface area (Å²) >= 11 is 0. The highest BCUT2D eigenvalue weighted by Crippen LogP contribution is 2.40. The van der Waals surface area contributed by atoms with Crippen molar-refractivity contribution in [3.05, 3.63) is 35.9 Å². The van der Waals surface area contributed by atoms with Crippen LogP contribution in [0.5, 0.6) is 0 Å². The van der Waals surface area contributed by atoms with Gasteiger partial charge in [-0.2, -0.15) is 0 Å². The van der Waals surface area contributed by atoms with Crippen LogP contribution in [0.4, 0.5) is 0 Å². The zero-order chi connectivity index (χ0) is 27.7. The first kappa shape index (κ1) is 29.9. The van der Waals surface area contributed by atoms with E-state index in [0.29, 0.717) is 18.4 Å². The van der Waals surface area contributed by atoms with Crippen LogP contribution in [0.1, 0.15) is 115 Å². The zero-order valence-electron chi connectivity index (χ0n) is 23.4. The fourth-order valence-corrected chi connectivity index (χ4v) is 6.16. The number of benzene rings is 1. The first-order valence-corrected chi connectivity index (χ1v) is 14.6. The number of carbonyl (C=O) groups is 5. The number of hydrogen-bond donors (Lipinski definition) is 1. The lowest BCUT2D eigenvalue weighted by Gasteiger charge is -2.36. The molecular formula is C32H45NO5. The molecule has 6 nitrogen and oxygen atoms in total. The highest BCUT2D eigenvalue weighted by molar-refractivity contribution is 6.38. The Bertz CT molecular complexity index is 986. The molecule has 1 N–H and O–H groups in total. The summed E-state index contributed by atoms with van der Waals surface area (Å²) in [6, 6.07) is 8.22. The monoisotopic (exact) mass is 523 g/mol. The molecule has 0 radical (unpaired) electrons. The van der Waals surface area contributed by atoms with Crippen LogP contribution < -0.4 is 5.32 Å². The van der Waals surface area contributed by atoms with E-state index >= 15 is 0 Å². The second-order valence-corrected chi connectivity index (χ2v) is 12.0. The highest BCUT2D eigenvalue weighted by Gasteiger charge is 2.42. The minimum absolute atomic E-state index is 0.0652. The van der Waals surface area contributed by atoms with Gasteiger partial charge in [0, 0.05) is 30.7 Å². The number of Topliss-reactive ketones (excluding diaryl/α,β-unsaturated/α-hetero) is 4. The summed E-state index contributed by atoms with van der Waals surface area (Å²) in [5.41, 5.74) is -0.242. The molecule has 0 aliphatic heterocycles. The Kier molecular flexibility index (Phi) is 11.0. The molecule has 2 aliphatic rings. The molecule has 0 spiro atoms. The first-order chi connectivity index (χ1) is 18.1. The molecule has 1 aromatic rings. The van der Waals surface area contributed by atoms with Gasteiger partial charge in [0.2, 0.25) is 11.7 Å². The molecule has 0 bridgehead atoms. The lowest BCUT2D eigenvalue weighted by Crippen LogP contribution is -2.49. The average Bonchev–Trinajstić information content (AvgIpc) is 2.92. The summed E-state index contributed by atoms with van der Waals surface area (Å²) in [6.07, 6.45) is 9.68. The molecule has 38 heavy (non-hydrogen) atoms. The van der Waals surface area contributed by atoms with Crippen LogP contribution in [0.3, 0.4) is 0 Å². The van der Waals surface area contributed by atoms with Crippen molar-refractivity contribution in [2.24, 2.45) is 23.2 Å². The van der Waals surface area contributed by atoms with Crippen molar-refractivity contribution in [2.45, 2.75) is 110 Å². The van der Waals surface area contributed by atoms with Crippen LogP contribution in [0, 0.1) is 23.2 Å². The van der Waals surface area contributed by atoms with Crippen molar-refractivity contribution in [3.63, 3.8) is 0 Å². The van der Waals surface area contributed by atoms with E-state index in [0.717, 1.165) is 44.9 Å². The number of carbonyl (C=O) groups excluding carboxylic acids is 5. The van der Waals surface area contributed by atoms with E-state index < -0.39 is 23.2 Å². The summed E-state index contributed by atoms with van der Waals surface area (Å²) in [4.78, 5) is 65.6. The molecule has 1 amide bonds. The molecular weight excluding hydrogens is 478 g/mol.